The standard InChI is InChI=1S/C4H8N2O2Si2/c1-9-10(2,5-3-7)6-4-8/h9H2,1-2H3. The van der Waals surface area contributed by atoms with Gasteiger partial charge in [0, 0.05) is 0 Å². The second-order valence-corrected chi connectivity index (χ2v) is 11.7. The predicted octanol–water partition coefficient (Wildman–Crippen LogP) is -0.556. The molecule has 0 heterocycles. The van der Waals surface area contributed by atoms with Gasteiger partial charge in [-0.1, -0.05) is 6.55 Å². The Labute approximate surface area is 61.9 Å². The van der Waals surface area contributed by atoms with Gasteiger partial charge in [0.05, 0.1) is 9.04 Å². The lowest BCUT2D eigenvalue weighted by molar-refractivity contribution is 0.565. The van der Waals surface area contributed by atoms with Gasteiger partial charge in [0.2, 0.25) is 12.2 Å². The minimum atomic E-state index is -2.18. The Morgan fingerprint density at radius 3 is 1.90 bits per heavy atom. The topological polar surface area (TPSA) is 58.9 Å². The highest BCUT2D eigenvalue weighted by molar-refractivity contribution is 7.22. The second-order valence-electron chi connectivity index (χ2n) is 1.98. The van der Waals surface area contributed by atoms with Crippen molar-refractivity contribution in [1.29, 1.82) is 0 Å². The summed E-state index contributed by atoms with van der Waals surface area (Å²) in [6.07, 6.45) is 2.89. The molecule has 0 rings (SSSR count). The molecular weight excluding hydrogens is 164 g/mol. The van der Waals surface area contributed by atoms with Crippen LogP contribution in [0.15, 0.2) is 9.32 Å². The molecule has 0 aromatic rings. The lowest BCUT2D eigenvalue weighted by Crippen LogP contribution is -2.32. The molecule has 0 aliphatic rings. The van der Waals surface area contributed by atoms with Crippen LogP contribution in [0.1, 0.15) is 0 Å². The van der Waals surface area contributed by atoms with Crippen LogP contribution in [-0.2, 0) is 9.59 Å². The molecule has 0 aliphatic carbocycles. The van der Waals surface area contributed by atoms with Crippen molar-refractivity contribution < 1.29 is 9.59 Å². The maximum absolute atomic E-state index is 9.83. The quantitative estimate of drug-likeness (QED) is 0.325. The molecule has 0 radical (unpaired) electrons. The van der Waals surface area contributed by atoms with Crippen molar-refractivity contribution in [1.82, 2.24) is 0 Å². The van der Waals surface area contributed by atoms with Gasteiger partial charge < -0.3 is 0 Å². The Morgan fingerprint density at radius 1 is 1.30 bits per heavy atom. The Balaban J connectivity index is 4.52. The van der Waals surface area contributed by atoms with Gasteiger partial charge in [-0.05, 0) is 6.55 Å². The fourth-order valence-corrected chi connectivity index (χ4v) is 2.48. The van der Waals surface area contributed by atoms with E-state index < -0.39 is 17.0 Å². The molecule has 0 aliphatic heterocycles. The zero-order valence-electron chi connectivity index (χ0n) is 5.92. The Morgan fingerprint density at radius 2 is 1.70 bits per heavy atom. The maximum Gasteiger partial charge on any atom is 0.303 e. The summed E-state index contributed by atoms with van der Waals surface area (Å²) in [5.41, 5.74) is 0. The van der Waals surface area contributed by atoms with Crippen LogP contribution in [0.3, 0.4) is 0 Å². The van der Waals surface area contributed by atoms with Crippen LogP contribution in [0.25, 0.3) is 0 Å². The summed E-state index contributed by atoms with van der Waals surface area (Å²) in [6, 6.07) is 0. The Hall–Kier alpha value is -0.806. The first-order valence-electron chi connectivity index (χ1n) is 2.86. The number of isocyanates is 2. The Kier molecular flexibility index (Phi) is 3.75. The van der Waals surface area contributed by atoms with E-state index in [1.54, 1.807) is 6.55 Å². The Bertz CT molecular complexity index is 187. The number of hydrogen-bond acceptors (Lipinski definition) is 4. The highest BCUT2D eigenvalue weighted by Gasteiger charge is 2.24. The van der Waals surface area contributed by atoms with Crippen molar-refractivity contribution in [3.8, 4) is 0 Å². The number of rotatable bonds is 3. The molecule has 0 aromatic heterocycles. The number of carbonyl (C=O) groups excluding carboxylic acids is 2. The van der Waals surface area contributed by atoms with E-state index in [4.69, 9.17) is 0 Å². The van der Waals surface area contributed by atoms with Crippen LogP contribution in [0.2, 0.25) is 13.1 Å². The van der Waals surface area contributed by atoms with E-state index in [2.05, 4.69) is 9.32 Å². The predicted molar refractivity (Wildman–Crippen MR) is 42.3 cm³/mol. The largest absolute Gasteiger partial charge is 0.303 e. The molecule has 4 nitrogen and oxygen atoms in total. The van der Waals surface area contributed by atoms with Gasteiger partial charge in [0.15, 0.2) is 0 Å². The highest BCUT2D eigenvalue weighted by atomic mass is 29.2. The monoisotopic (exact) mass is 172 g/mol. The molecule has 0 spiro atoms. The van der Waals surface area contributed by atoms with Crippen molar-refractivity contribution in [2.75, 3.05) is 0 Å². The van der Waals surface area contributed by atoms with E-state index in [0.29, 0.717) is 0 Å². The van der Waals surface area contributed by atoms with Crippen LogP contribution in [0, 0.1) is 0 Å². The molecule has 0 unspecified atom stereocenters. The van der Waals surface area contributed by atoms with E-state index in [9.17, 15) is 9.59 Å². The van der Waals surface area contributed by atoms with Crippen molar-refractivity contribution in [3.05, 3.63) is 0 Å². The first-order chi connectivity index (χ1) is 4.68. The van der Waals surface area contributed by atoms with Crippen LogP contribution in [0.5, 0.6) is 0 Å². The van der Waals surface area contributed by atoms with Crippen LogP contribution < -0.4 is 0 Å². The first kappa shape index (κ1) is 9.19. The van der Waals surface area contributed by atoms with Crippen LogP contribution >= 0.6 is 0 Å². The summed E-state index contributed by atoms with van der Waals surface area (Å²) < 4.78 is 7.06. The average molecular weight is 172 g/mol. The van der Waals surface area contributed by atoms with E-state index in [1.807, 2.05) is 6.55 Å². The molecule has 0 saturated carbocycles. The lowest BCUT2D eigenvalue weighted by Gasteiger charge is -2.06. The first-order valence-corrected chi connectivity index (χ1v) is 9.00. The SMILES string of the molecule is C[SiH2][Si](C)(N=C=O)N=C=O. The summed E-state index contributed by atoms with van der Waals surface area (Å²) in [5.74, 6) is 0. The molecule has 10 heavy (non-hydrogen) atoms. The van der Waals surface area contributed by atoms with E-state index in [1.165, 1.54) is 12.2 Å². The van der Waals surface area contributed by atoms with Gasteiger partial charge in [-0.2, -0.15) is 0 Å². The summed E-state index contributed by atoms with van der Waals surface area (Å²) in [4.78, 5) is 19.7. The molecule has 0 bridgehead atoms. The third-order valence-corrected chi connectivity index (χ3v) is 8.70. The molecule has 0 N–H and O–H groups in total. The third kappa shape index (κ3) is 2.66. The summed E-state index contributed by atoms with van der Waals surface area (Å²) in [6.45, 7) is 3.73. The zero-order valence-corrected chi connectivity index (χ0v) is 8.33. The van der Waals surface area contributed by atoms with E-state index in [-0.39, 0.29) is 0 Å². The van der Waals surface area contributed by atoms with Crippen molar-refractivity contribution >= 4 is 29.1 Å². The molecule has 0 saturated heterocycles. The average Bonchev–Trinajstić information content (AvgIpc) is 1.89. The summed E-state index contributed by atoms with van der Waals surface area (Å²) in [5, 5.41) is 0. The molecule has 0 aromatic carbocycles. The molecular formula is C4H8N2O2Si2. The normalized spacial score (nSPS) is 15.4. The van der Waals surface area contributed by atoms with Gasteiger partial charge in [-0.25, -0.2) is 18.9 Å². The lowest BCUT2D eigenvalue weighted by atomic mass is 11.7. The zero-order chi connectivity index (χ0) is 8.04. The van der Waals surface area contributed by atoms with Gasteiger partial charge in [0.1, 0.15) is 0 Å². The van der Waals surface area contributed by atoms with Gasteiger partial charge in [-0.3, -0.25) is 0 Å². The maximum atomic E-state index is 9.83. The van der Waals surface area contributed by atoms with Crippen LogP contribution in [0.4, 0.5) is 0 Å². The van der Waals surface area contributed by atoms with Crippen molar-refractivity contribution in [2.24, 2.45) is 9.32 Å². The van der Waals surface area contributed by atoms with Gasteiger partial charge in [0.25, 0.3) is 0 Å². The molecule has 0 fully saturated rings. The van der Waals surface area contributed by atoms with Crippen molar-refractivity contribution in [3.63, 3.8) is 0 Å². The van der Waals surface area contributed by atoms with Crippen LogP contribution in [-0.4, -0.2) is 29.1 Å². The summed E-state index contributed by atoms with van der Waals surface area (Å²) >= 11 is 0. The number of nitrogens with zero attached hydrogens (tertiary/aromatic N) is 2. The van der Waals surface area contributed by atoms with Crippen molar-refractivity contribution in [2.45, 2.75) is 13.1 Å². The molecule has 0 atom stereocenters. The highest BCUT2D eigenvalue weighted by Crippen LogP contribution is 2.00. The molecule has 6 heteroatoms. The van der Waals surface area contributed by atoms with E-state index >= 15 is 0 Å². The third-order valence-electron chi connectivity index (χ3n) is 1.24. The smallest absolute Gasteiger partial charge is 0.223 e. The molecule has 0 amide bonds. The summed E-state index contributed by atoms with van der Waals surface area (Å²) in [7, 11) is -2.69. The minimum absolute atomic E-state index is 0.510. The second kappa shape index (κ2) is 4.08. The number of hydrogen-bond donors (Lipinski definition) is 0. The fourth-order valence-electron chi connectivity index (χ4n) is 0.380. The molecule has 54 valence electrons. The minimum Gasteiger partial charge on any atom is -0.223 e. The fraction of sp³-hybridized carbons (Fsp3) is 0.500. The van der Waals surface area contributed by atoms with E-state index in [0.717, 1.165) is 0 Å². The van der Waals surface area contributed by atoms with Gasteiger partial charge in [-0.15, -0.1) is 0 Å². The van der Waals surface area contributed by atoms with Gasteiger partial charge >= 0.3 is 7.91 Å².